The van der Waals surface area contributed by atoms with E-state index in [1.165, 1.54) is 23.3 Å². The molecule has 0 radical (unpaired) electrons. The molecule has 0 saturated carbocycles. The smallest absolute Gasteiger partial charge is 0.109 e. The van der Waals surface area contributed by atoms with Crippen LogP contribution in [0.5, 0.6) is 0 Å². The second-order valence-electron chi connectivity index (χ2n) is 5.99. The van der Waals surface area contributed by atoms with Crippen LogP contribution in [0.1, 0.15) is 44.9 Å². The molecular formula is C21H32O4S. The Morgan fingerprint density at radius 3 is 2.58 bits per heavy atom. The van der Waals surface area contributed by atoms with E-state index in [0.717, 1.165) is 0 Å². The van der Waals surface area contributed by atoms with Crippen molar-refractivity contribution in [2.24, 2.45) is 0 Å². The molecule has 1 aromatic heterocycles. The molecule has 1 fully saturated rings. The summed E-state index contributed by atoms with van der Waals surface area (Å²) < 4.78 is 5.16. The van der Waals surface area contributed by atoms with E-state index in [-0.39, 0.29) is 12.7 Å². The van der Waals surface area contributed by atoms with Gasteiger partial charge in [0.1, 0.15) is 12.2 Å². The van der Waals surface area contributed by atoms with Gasteiger partial charge in [-0.1, -0.05) is 44.2 Å². The normalized spacial score (nSPS) is 27.8. The predicted octanol–water partition coefficient (Wildman–Crippen LogP) is 3.94. The first-order valence-electron chi connectivity index (χ1n) is 9.31. The molecule has 1 aliphatic carbocycles. The van der Waals surface area contributed by atoms with Crippen molar-refractivity contribution >= 4 is 17.4 Å². The molecule has 5 heteroatoms. The summed E-state index contributed by atoms with van der Waals surface area (Å²) in [5, 5.41) is 29.2. The van der Waals surface area contributed by atoms with Crippen LogP contribution in [0.25, 0.3) is 6.08 Å². The van der Waals surface area contributed by atoms with Crippen LogP contribution in [0, 0.1) is 0 Å². The highest BCUT2D eigenvalue weighted by Crippen LogP contribution is 2.19. The molecule has 4 nitrogen and oxygen atoms in total. The Balaban J connectivity index is 0.000000241. The van der Waals surface area contributed by atoms with Gasteiger partial charge in [-0.3, -0.25) is 0 Å². The van der Waals surface area contributed by atoms with E-state index in [1.54, 1.807) is 18.3 Å². The molecule has 4 unspecified atom stereocenters. The SMILES string of the molecule is C1=CC(/C=C/c2cccs2)=CCC1.CC.CC1CC(O)C(O)C(CO)O1. The van der Waals surface area contributed by atoms with Gasteiger partial charge >= 0.3 is 0 Å². The molecule has 0 bridgehead atoms. The third-order valence-corrected chi connectivity index (χ3v) is 4.78. The Hall–Kier alpha value is -1.24. The number of allylic oxidation sites excluding steroid dienone is 5. The Labute approximate surface area is 161 Å². The lowest BCUT2D eigenvalue weighted by molar-refractivity contribution is -0.174. The van der Waals surface area contributed by atoms with Gasteiger partial charge in [0.25, 0.3) is 0 Å². The van der Waals surface area contributed by atoms with E-state index >= 15 is 0 Å². The molecule has 0 aromatic carbocycles. The van der Waals surface area contributed by atoms with Gasteiger partial charge in [0.15, 0.2) is 0 Å². The van der Waals surface area contributed by atoms with Crippen LogP contribution < -0.4 is 0 Å². The van der Waals surface area contributed by atoms with Crippen molar-refractivity contribution in [1.82, 2.24) is 0 Å². The summed E-state index contributed by atoms with van der Waals surface area (Å²) in [5.41, 5.74) is 1.33. The number of aliphatic hydroxyl groups excluding tert-OH is 3. The molecule has 1 aliphatic heterocycles. The van der Waals surface area contributed by atoms with Crippen molar-refractivity contribution in [1.29, 1.82) is 0 Å². The maximum absolute atomic E-state index is 9.22. The average molecular weight is 381 g/mol. The number of hydrogen-bond donors (Lipinski definition) is 3. The Morgan fingerprint density at radius 2 is 2.00 bits per heavy atom. The molecule has 26 heavy (non-hydrogen) atoms. The minimum atomic E-state index is -0.948. The summed E-state index contributed by atoms with van der Waals surface area (Å²) in [5.74, 6) is 0. The average Bonchev–Trinajstić information content (AvgIpc) is 3.19. The lowest BCUT2D eigenvalue weighted by Gasteiger charge is -2.34. The fourth-order valence-electron chi connectivity index (χ4n) is 2.63. The molecule has 3 N–H and O–H groups in total. The molecule has 146 valence electrons. The van der Waals surface area contributed by atoms with Gasteiger partial charge in [-0.05, 0) is 42.9 Å². The van der Waals surface area contributed by atoms with Gasteiger partial charge in [0.2, 0.25) is 0 Å². The van der Waals surface area contributed by atoms with E-state index < -0.39 is 18.3 Å². The van der Waals surface area contributed by atoms with Gasteiger partial charge in [-0.25, -0.2) is 0 Å². The number of thiophene rings is 1. The highest BCUT2D eigenvalue weighted by Gasteiger charge is 2.34. The number of hydrogen-bond acceptors (Lipinski definition) is 5. The van der Waals surface area contributed by atoms with Gasteiger partial charge < -0.3 is 20.1 Å². The molecule has 0 spiro atoms. The van der Waals surface area contributed by atoms with Crippen LogP contribution in [0.3, 0.4) is 0 Å². The van der Waals surface area contributed by atoms with E-state index in [2.05, 4.69) is 47.9 Å². The summed E-state index contributed by atoms with van der Waals surface area (Å²) in [6.07, 6.45) is 11.4. The van der Waals surface area contributed by atoms with Crippen LogP contribution in [0.4, 0.5) is 0 Å². The fourth-order valence-corrected chi connectivity index (χ4v) is 3.25. The Kier molecular flexibility index (Phi) is 11.4. The Bertz CT molecular complexity index is 563. The van der Waals surface area contributed by atoms with Crippen molar-refractivity contribution in [3.8, 4) is 0 Å². The molecule has 2 heterocycles. The molecule has 0 amide bonds. The molecule has 1 aromatic rings. The van der Waals surface area contributed by atoms with Gasteiger partial charge in [0, 0.05) is 11.3 Å². The first-order valence-corrected chi connectivity index (χ1v) is 10.2. The first-order chi connectivity index (χ1) is 12.6. The van der Waals surface area contributed by atoms with Gasteiger partial charge in [-0.15, -0.1) is 11.3 Å². The van der Waals surface area contributed by atoms with Crippen LogP contribution in [-0.2, 0) is 4.74 Å². The summed E-state index contributed by atoms with van der Waals surface area (Å²) >= 11 is 1.77. The van der Waals surface area contributed by atoms with Crippen LogP contribution in [0.2, 0.25) is 0 Å². The zero-order valence-corrected chi connectivity index (χ0v) is 16.7. The topological polar surface area (TPSA) is 69.9 Å². The summed E-state index contributed by atoms with van der Waals surface area (Å²) in [4.78, 5) is 1.32. The third kappa shape index (κ3) is 7.98. The molecule has 2 aliphatic rings. The maximum atomic E-state index is 9.22. The zero-order chi connectivity index (χ0) is 19.4. The Morgan fingerprint density at radius 1 is 1.23 bits per heavy atom. The fraction of sp³-hybridized carbons (Fsp3) is 0.524. The molecule has 4 atom stereocenters. The largest absolute Gasteiger partial charge is 0.394 e. The second-order valence-corrected chi connectivity index (χ2v) is 6.97. The number of ether oxygens (including phenoxy) is 1. The first kappa shape index (κ1) is 22.8. The van der Waals surface area contributed by atoms with Crippen molar-refractivity contribution in [3.05, 3.63) is 52.3 Å². The monoisotopic (exact) mass is 380 g/mol. The van der Waals surface area contributed by atoms with E-state index in [9.17, 15) is 10.2 Å². The highest BCUT2D eigenvalue weighted by molar-refractivity contribution is 7.10. The van der Waals surface area contributed by atoms with Crippen molar-refractivity contribution < 1.29 is 20.1 Å². The standard InChI is InChI=1S/C12H12S.C7H14O4.C2H6/c1-2-5-11(6-3-1)8-9-12-7-4-10-13-12;1-4-2-5(9)7(10)6(3-8)11-4;1-2/h2,4-10H,1,3H2;4-10H,2-3H2,1H3;1-2H3/b9-8+;;. The van der Waals surface area contributed by atoms with Gasteiger partial charge in [-0.2, -0.15) is 0 Å². The summed E-state index contributed by atoms with van der Waals surface area (Å²) in [7, 11) is 0. The van der Waals surface area contributed by atoms with Crippen molar-refractivity contribution in [2.45, 2.75) is 64.4 Å². The van der Waals surface area contributed by atoms with Crippen LogP contribution in [0.15, 0.2) is 47.4 Å². The van der Waals surface area contributed by atoms with E-state index in [4.69, 9.17) is 9.84 Å². The van der Waals surface area contributed by atoms with E-state index in [1.807, 2.05) is 13.8 Å². The van der Waals surface area contributed by atoms with Gasteiger partial charge in [0.05, 0.1) is 18.8 Å². The van der Waals surface area contributed by atoms with Crippen LogP contribution >= 0.6 is 11.3 Å². The van der Waals surface area contributed by atoms with Crippen molar-refractivity contribution in [3.63, 3.8) is 0 Å². The summed E-state index contributed by atoms with van der Waals surface area (Å²) in [6, 6.07) is 4.21. The second kappa shape index (κ2) is 13.0. The zero-order valence-electron chi connectivity index (χ0n) is 15.9. The molecule has 3 rings (SSSR count). The quantitative estimate of drug-likeness (QED) is 0.743. The van der Waals surface area contributed by atoms with E-state index in [0.29, 0.717) is 6.42 Å². The van der Waals surface area contributed by atoms with Crippen LogP contribution in [-0.4, -0.2) is 46.3 Å². The van der Waals surface area contributed by atoms with Crippen molar-refractivity contribution in [2.75, 3.05) is 6.61 Å². The minimum absolute atomic E-state index is 0.0921. The number of rotatable bonds is 3. The minimum Gasteiger partial charge on any atom is -0.394 e. The lowest BCUT2D eigenvalue weighted by Crippen LogP contribution is -2.49. The highest BCUT2D eigenvalue weighted by atomic mass is 32.1. The maximum Gasteiger partial charge on any atom is 0.109 e. The molecule has 1 saturated heterocycles. The number of aliphatic hydroxyl groups is 3. The predicted molar refractivity (Wildman–Crippen MR) is 109 cm³/mol. The summed E-state index contributed by atoms with van der Waals surface area (Å²) in [6.45, 7) is 5.56. The molecular weight excluding hydrogens is 348 g/mol. The third-order valence-electron chi connectivity index (χ3n) is 3.94. The lowest BCUT2D eigenvalue weighted by atomic mass is 9.99.